The van der Waals surface area contributed by atoms with Crippen LogP contribution in [0.1, 0.15) is 18.4 Å². The van der Waals surface area contributed by atoms with Crippen molar-refractivity contribution in [1.82, 2.24) is 4.31 Å². The van der Waals surface area contributed by atoms with Crippen molar-refractivity contribution in [3.8, 4) is 0 Å². The molecule has 1 N–H and O–H groups in total. The number of fused-ring (bicyclic) bond motifs is 1. The summed E-state index contributed by atoms with van der Waals surface area (Å²) in [4.78, 5) is 0.372. The van der Waals surface area contributed by atoms with Crippen LogP contribution in [0.5, 0.6) is 0 Å². The van der Waals surface area contributed by atoms with Crippen LogP contribution >= 0.6 is 0 Å². The number of rotatable bonds is 2. The number of benzene rings is 1. The second-order valence-electron chi connectivity index (χ2n) is 5.69. The normalized spacial score (nSPS) is 31.6. The van der Waals surface area contributed by atoms with Gasteiger partial charge in [0.15, 0.2) is 0 Å². The zero-order valence-electron chi connectivity index (χ0n) is 11.0. The number of piperidine rings is 1. The highest BCUT2D eigenvalue weighted by Gasteiger charge is 2.45. The van der Waals surface area contributed by atoms with E-state index >= 15 is 0 Å². The summed E-state index contributed by atoms with van der Waals surface area (Å²) in [6, 6.07) is 7.00. The smallest absolute Gasteiger partial charge is 0.243 e. The SMILES string of the molecule is Cc1ccc(S(=O)(=O)N2CCC3C(O)CC3C2)cc1. The van der Waals surface area contributed by atoms with E-state index in [0.717, 1.165) is 18.4 Å². The van der Waals surface area contributed by atoms with E-state index in [9.17, 15) is 13.5 Å². The highest BCUT2D eigenvalue weighted by Crippen LogP contribution is 2.41. The maximum atomic E-state index is 12.5. The Kier molecular flexibility index (Phi) is 3.15. The maximum Gasteiger partial charge on any atom is 0.243 e. The molecule has 1 saturated carbocycles. The molecule has 3 unspecified atom stereocenters. The minimum atomic E-state index is -3.37. The predicted molar refractivity (Wildman–Crippen MR) is 72.2 cm³/mol. The van der Waals surface area contributed by atoms with Crippen LogP contribution in [0.15, 0.2) is 29.2 Å². The van der Waals surface area contributed by atoms with E-state index in [0.29, 0.717) is 29.8 Å². The first-order chi connectivity index (χ1) is 8.98. The zero-order valence-corrected chi connectivity index (χ0v) is 11.8. The minimum absolute atomic E-state index is 0.214. The molecule has 1 aliphatic carbocycles. The first-order valence-electron chi connectivity index (χ1n) is 6.73. The molecular formula is C14H19NO3S. The van der Waals surface area contributed by atoms with Crippen LogP contribution in [0.25, 0.3) is 0 Å². The molecule has 4 nitrogen and oxygen atoms in total. The number of aryl methyl sites for hydroxylation is 1. The Labute approximate surface area is 114 Å². The van der Waals surface area contributed by atoms with Gasteiger partial charge in [0.1, 0.15) is 0 Å². The summed E-state index contributed by atoms with van der Waals surface area (Å²) < 4.78 is 26.6. The molecule has 1 aliphatic heterocycles. The van der Waals surface area contributed by atoms with Crippen molar-refractivity contribution in [3.05, 3.63) is 29.8 Å². The number of aliphatic hydroxyl groups excluding tert-OH is 1. The molecule has 0 aromatic heterocycles. The van der Waals surface area contributed by atoms with Crippen LogP contribution < -0.4 is 0 Å². The predicted octanol–water partition coefficient (Wildman–Crippen LogP) is 1.39. The Morgan fingerprint density at radius 1 is 1.26 bits per heavy atom. The Morgan fingerprint density at radius 3 is 2.53 bits per heavy atom. The molecule has 104 valence electrons. The average molecular weight is 281 g/mol. The third-order valence-corrected chi connectivity index (χ3v) is 6.33. The van der Waals surface area contributed by atoms with Gasteiger partial charge in [0.25, 0.3) is 0 Å². The van der Waals surface area contributed by atoms with Gasteiger partial charge < -0.3 is 5.11 Å². The van der Waals surface area contributed by atoms with Gasteiger partial charge in [-0.3, -0.25) is 0 Å². The molecule has 1 saturated heterocycles. The van der Waals surface area contributed by atoms with Crippen molar-refractivity contribution in [2.45, 2.75) is 30.8 Å². The third-order valence-electron chi connectivity index (χ3n) is 4.45. The van der Waals surface area contributed by atoms with Crippen LogP contribution in [0, 0.1) is 18.8 Å². The fraction of sp³-hybridized carbons (Fsp3) is 0.571. The van der Waals surface area contributed by atoms with Gasteiger partial charge in [0.05, 0.1) is 11.0 Å². The fourth-order valence-electron chi connectivity index (χ4n) is 3.14. The summed E-state index contributed by atoms with van der Waals surface area (Å²) in [7, 11) is -3.37. The molecular weight excluding hydrogens is 262 g/mol. The average Bonchev–Trinajstić information content (AvgIpc) is 2.37. The summed E-state index contributed by atoms with van der Waals surface area (Å²) in [6.45, 7) is 3.02. The summed E-state index contributed by atoms with van der Waals surface area (Å²) >= 11 is 0. The number of hydrogen-bond acceptors (Lipinski definition) is 3. The summed E-state index contributed by atoms with van der Waals surface area (Å²) in [5, 5.41) is 9.61. The van der Waals surface area contributed by atoms with Gasteiger partial charge in [-0.15, -0.1) is 0 Å². The standard InChI is InChI=1S/C14H19NO3S/c1-10-2-4-12(5-3-10)19(17,18)15-7-6-13-11(9-15)8-14(13)16/h2-5,11,13-14,16H,6-9H2,1H3. The topological polar surface area (TPSA) is 57.6 Å². The van der Waals surface area contributed by atoms with Crippen molar-refractivity contribution in [3.63, 3.8) is 0 Å². The number of aliphatic hydroxyl groups is 1. The number of nitrogens with zero attached hydrogens (tertiary/aromatic N) is 1. The molecule has 0 radical (unpaired) electrons. The molecule has 0 spiro atoms. The monoisotopic (exact) mass is 281 g/mol. The summed E-state index contributed by atoms with van der Waals surface area (Å²) in [5.74, 6) is 0.647. The van der Waals surface area contributed by atoms with Crippen LogP contribution in [0.2, 0.25) is 0 Å². The molecule has 0 amide bonds. The van der Waals surface area contributed by atoms with E-state index in [-0.39, 0.29) is 6.10 Å². The minimum Gasteiger partial charge on any atom is -0.393 e. The lowest BCUT2D eigenvalue weighted by Crippen LogP contribution is -2.53. The molecule has 1 aromatic carbocycles. The van der Waals surface area contributed by atoms with Gasteiger partial charge in [-0.25, -0.2) is 8.42 Å². The van der Waals surface area contributed by atoms with Crippen molar-refractivity contribution in [1.29, 1.82) is 0 Å². The van der Waals surface area contributed by atoms with Crippen molar-refractivity contribution in [2.75, 3.05) is 13.1 Å². The quantitative estimate of drug-likeness (QED) is 0.891. The molecule has 1 heterocycles. The van der Waals surface area contributed by atoms with Gasteiger partial charge in [-0.2, -0.15) is 4.31 Å². The van der Waals surface area contributed by atoms with E-state index in [2.05, 4.69) is 0 Å². The number of sulfonamides is 1. The Hall–Kier alpha value is -0.910. The Balaban J connectivity index is 1.80. The number of hydrogen-bond donors (Lipinski definition) is 1. The lowest BCUT2D eigenvalue weighted by molar-refractivity contribution is -0.0629. The van der Waals surface area contributed by atoms with Crippen LogP contribution in [0.4, 0.5) is 0 Å². The largest absolute Gasteiger partial charge is 0.393 e. The molecule has 2 fully saturated rings. The van der Waals surface area contributed by atoms with E-state index in [1.54, 1.807) is 16.4 Å². The Bertz CT molecular complexity index is 567. The van der Waals surface area contributed by atoms with Crippen LogP contribution in [0.3, 0.4) is 0 Å². The van der Waals surface area contributed by atoms with E-state index in [1.807, 2.05) is 19.1 Å². The van der Waals surface area contributed by atoms with Gasteiger partial charge >= 0.3 is 0 Å². The van der Waals surface area contributed by atoms with Crippen LogP contribution in [-0.2, 0) is 10.0 Å². The van der Waals surface area contributed by atoms with Gasteiger partial charge in [-0.05, 0) is 43.7 Å². The first-order valence-corrected chi connectivity index (χ1v) is 8.17. The second kappa shape index (κ2) is 4.58. The van der Waals surface area contributed by atoms with Crippen molar-refractivity contribution in [2.24, 2.45) is 11.8 Å². The Morgan fingerprint density at radius 2 is 1.95 bits per heavy atom. The molecule has 0 bridgehead atoms. The fourth-order valence-corrected chi connectivity index (χ4v) is 4.65. The van der Waals surface area contributed by atoms with Crippen molar-refractivity contribution >= 4 is 10.0 Å². The third kappa shape index (κ3) is 2.20. The van der Waals surface area contributed by atoms with Crippen molar-refractivity contribution < 1.29 is 13.5 Å². The van der Waals surface area contributed by atoms with Gasteiger partial charge in [-0.1, -0.05) is 17.7 Å². The van der Waals surface area contributed by atoms with E-state index in [1.165, 1.54) is 0 Å². The second-order valence-corrected chi connectivity index (χ2v) is 7.63. The van der Waals surface area contributed by atoms with E-state index in [4.69, 9.17) is 0 Å². The lowest BCUT2D eigenvalue weighted by atomic mass is 9.68. The first kappa shape index (κ1) is 13.1. The zero-order chi connectivity index (χ0) is 13.6. The molecule has 3 rings (SSSR count). The summed E-state index contributed by atoms with van der Waals surface area (Å²) in [6.07, 6.45) is 1.30. The van der Waals surface area contributed by atoms with E-state index < -0.39 is 10.0 Å². The molecule has 5 heteroatoms. The molecule has 19 heavy (non-hydrogen) atoms. The van der Waals surface area contributed by atoms with Gasteiger partial charge in [0.2, 0.25) is 10.0 Å². The maximum absolute atomic E-state index is 12.5. The van der Waals surface area contributed by atoms with Gasteiger partial charge in [0, 0.05) is 13.1 Å². The lowest BCUT2D eigenvalue weighted by Gasteiger charge is -2.48. The van der Waals surface area contributed by atoms with Crippen LogP contribution in [-0.4, -0.2) is 37.0 Å². The molecule has 3 atom stereocenters. The molecule has 2 aliphatic rings. The highest BCUT2D eigenvalue weighted by molar-refractivity contribution is 7.89. The molecule has 1 aromatic rings. The summed E-state index contributed by atoms with van der Waals surface area (Å²) in [5.41, 5.74) is 1.06. The highest BCUT2D eigenvalue weighted by atomic mass is 32.2.